The van der Waals surface area contributed by atoms with Crippen LogP contribution in [-0.4, -0.2) is 23.6 Å². The molecule has 0 spiro atoms. The van der Waals surface area contributed by atoms with Crippen molar-refractivity contribution < 1.29 is 8.42 Å². The average Bonchev–Trinajstić information content (AvgIpc) is 3.09. The van der Waals surface area contributed by atoms with Gasteiger partial charge in [0.25, 0.3) is 10.0 Å². The lowest BCUT2D eigenvalue weighted by atomic mass is 10.1. The summed E-state index contributed by atoms with van der Waals surface area (Å²) < 4.78 is 27.7. The van der Waals surface area contributed by atoms with E-state index in [9.17, 15) is 13.2 Å². The van der Waals surface area contributed by atoms with Crippen molar-refractivity contribution in [1.82, 2.24) is 15.2 Å². The molecule has 7 nitrogen and oxygen atoms in total. The van der Waals surface area contributed by atoms with E-state index in [4.69, 9.17) is 11.6 Å². The first-order valence-corrected chi connectivity index (χ1v) is 9.74. The van der Waals surface area contributed by atoms with Crippen molar-refractivity contribution in [2.24, 2.45) is 0 Å². The fourth-order valence-corrected chi connectivity index (χ4v) is 3.89. The van der Waals surface area contributed by atoms with Crippen LogP contribution in [0.1, 0.15) is 0 Å². The van der Waals surface area contributed by atoms with Crippen molar-refractivity contribution in [2.75, 3.05) is 4.72 Å². The molecule has 3 N–H and O–H groups in total. The van der Waals surface area contributed by atoms with Crippen LogP contribution in [0.4, 0.5) is 5.82 Å². The minimum Gasteiger partial charge on any atom is -0.322 e. The molecule has 2 aromatic carbocycles. The summed E-state index contributed by atoms with van der Waals surface area (Å²) in [6.07, 6.45) is 0. The van der Waals surface area contributed by atoms with E-state index in [1.807, 2.05) is 6.07 Å². The number of pyridine rings is 1. The van der Waals surface area contributed by atoms with Gasteiger partial charge in [-0.2, -0.15) is 5.10 Å². The maximum atomic E-state index is 12.7. The molecule has 27 heavy (non-hydrogen) atoms. The quantitative estimate of drug-likeness (QED) is 0.488. The van der Waals surface area contributed by atoms with E-state index < -0.39 is 10.0 Å². The topological polar surface area (TPSA) is 108 Å². The van der Waals surface area contributed by atoms with E-state index in [0.29, 0.717) is 21.6 Å². The van der Waals surface area contributed by atoms with Crippen LogP contribution in [0.2, 0.25) is 5.02 Å². The number of aromatic amines is 2. The third-order valence-electron chi connectivity index (χ3n) is 3.96. The molecule has 0 saturated carbocycles. The third kappa shape index (κ3) is 3.57. The van der Waals surface area contributed by atoms with Crippen LogP contribution in [0.5, 0.6) is 0 Å². The molecule has 4 aromatic rings. The molecule has 2 aromatic heterocycles. The van der Waals surface area contributed by atoms with Gasteiger partial charge in [0.2, 0.25) is 5.56 Å². The number of nitrogens with one attached hydrogen (secondary N) is 3. The predicted octanol–water partition coefficient (Wildman–Crippen LogP) is 3.37. The largest absolute Gasteiger partial charge is 0.322 e. The van der Waals surface area contributed by atoms with Crippen LogP contribution in [0.3, 0.4) is 0 Å². The zero-order chi connectivity index (χ0) is 19.0. The fourth-order valence-electron chi connectivity index (χ4n) is 2.67. The Bertz CT molecular complexity index is 1310. The van der Waals surface area contributed by atoms with Gasteiger partial charge in [0, 0.05) is 28.2 Å². The number of sulfonamides is 1. The molecule has 136 valence electrons. The van der Waals surface area contributed by atoms with Crippen LogP contribution in [0, 0.1) is 0 Å². The molecule has 0 saturated heterocycles. The minimum atomic E-state index is -3.84. The highest BCUT2D eigenvalue weighted by Crippen LogP contribution is 2.24. The Hall–Kier alpha value is -3.10. The molecule has 0 bridgehead atoms. The maximum absolute atomic E-state index is 12.7. The van der Waals surface area contributed by atoms with Gasteiger partial charge >= 0.3 is 0 Å². The number of benzene rings is 2. The van der Waals surface area contributed by atoms with Crippen molar-refractivity contribution in [3.63, 3.8) is 0 Å². The first-order valence-electron chi connectivity index (χ1n) is 7.88. The van der Waals surface area contributed by atoms with E-state index in [0.717, 1.165) is 5.56 Å². The van der Waals surface area contributed by atoms with E-state index in [1.54, 1.807) is 36.4 Å². The van der Waals surface area contributed by atoms with Crippen LogP contribution < -0.4 is 10.3 Å². The summed E-state index contributed by atoms with van der Waals surface area (Å²) in [5.74, 6) is 0.159. The summed E-state index contributed by atoms with van der Waals surface area (Å²) in [5.41, 5.74) is 1.73. The Morgan fingerprint density at radius 3 is 2.67 bits per heavy atom. The van der Waals surface area contributed by atoms with E-state index >= 15 is 0 Å². The average molecular weight is 401 g/mol. The molecule has 0 atom stereocenters. The number of hydrogen-bond donors (Lipinski definition) is 3. The molecular weight excluding hydrogens is 388 g/mol. The van der Waals surface area contributed by atoms with E-state index in [2.05, 4.69) is 19.9 Å². The normalized spacial score (nSPS) is 11.6. The SMILES string of the molecule is O=c1ccc2cc(S(=O)(=O)Nc3cc(-c4cccc(Cl)c4)[nH]n3)ccc2[nH]1. The van der Waals surface area contributed by atoms with Gasteiger partial charge in [-0.3, -0.25) is 14.6 Å². The molecule has 0 aliphatic heterocycles. The summed E-state index contributed by atoms with van der Waals surface area (Å²) in [6.45, 7) is 0. The fraction of sp³-hybridized carbons (Fsp3) is 0. The van der Waals surface area contributed by atoms with Gasteiger partial charge in [0.1, 0.15) is 0 Å². The zero-order valence-electron chi connectivity index (χ0n) is 13.7. The molecular formula is C18H13ClN4O3S. The van der Waals surface area contributed by atoms with Crippen LogP contribution >= 0.6 is 11.6 Å². The molecule has 0 aliphatic carbocycles. The molecule has 0 unspecified atom stereocenters. The second-order valence-electron chi connectivity index (χ2n) is 5.85. The summed E-state index contributed by atoms with van der Waals surface area (Å²) >= 11 is 5.98. The number of hydrogen-bond acceptors (Lipinski definition) is 4. The Labute approximate surface area is 159 Å². The molecule has 0 aliphatic rings. The molecule has 2 heterocycles. The smallest absolute Gasteiger partial charge is 0.263 e. The van der Waals surface area contributed by atoms with Crippen LogP contribution in [0.15, 0.2) is 70.4 Å². The van der Waals surface area contributed by atoms with Gasteiger partial charge in [-0.05, 0) is 41.8 Å². The molecule has 4 rings (SSSR count). The number of anilines is 1. The molecule has 0 radical (unpaired) electrons. The highest BCUT2D eigenvalue weighted by Gasteiger charge is 2.17. The predicted molar refractivity (Wildman–Crippen MR) is 104 cm³/mol. The van der Waals surface area contributed by atoms with Crippen molar-refractivity contribution in [3.8, 4) is 11.3 Å². The van der Waals surface area contributed by atoms with Crippen molar-refractivity contribution in [3.05, 3.63) is 76.0 Å². The lowest BCUT2D eigenvalue weighted by Crippen LogP contribution is -2.13. The Kier molecular flexibility index (Phi) is 4.21. The van der Waals surface area contributed by atoms with Gasteiger partial charge in [-0.15, -0.1) is 0 Å². The van der Waals surface area contributed by atoms with Crippen molar-refractivity contribution in [2.45, 2.75) is 4.90 Å². The number of aromatic nitrogens is 3. The highest BCUT2D eigenvalue weighted by atomic mass is 35.5. The summed E-state index contributed by atoms with van der Waals surface area (Å²) in [4.78, 5) is 14.0. The summed E-state index contributed by atoms with van der Waals surface area (Å²) in [5, 5.41) is 7.96. The van der Waals surface area contributed by atoms with E-state index in [1.165, 1.54) is 18.2 Å². The third-order valence-corrected chi connectivity index (χ3v) is 5.55. The highest BCUT2D eigenvalue weighted by molar-refractivity contribution is 7.92. The second kappa shape index (κ2) is 6.57. The standard InChI is InChI=1S/C18H13ClN4O3S/c19-13-3-1-2-11(8-13)16-10-17(22-21-16)23-27(25,26)14-5-6-15-12(9-14)4-7-18(24)20-15/h1-10H,(H,20,24)(H2,21,22,23). The van der Waals surface area contributed by atoms with Crippen molar-refractivity contribution >= 4 is 38.3 Å². The lowest BCUT2D eigenvalue weighted by Gasteiger charge is -2.06. The van der Waals surface area contributed by atoms with Gasteiger partial charge < -0.3 is 4.98 Å². The molecule has 0 amide bonds. The monoisotopic (exact) mass is 400 g/mol. The molecule has 0 fully saturated rings. The summed E-state index contributed by atoms with van der Waals surface area (Å²) in [7, 11) is -3.84. The van der Waals surface area contributed by atoms with Gasteiger partial charge in [0.15, 0.2) is 5.82 Å². The van der Waals surface area contributed by atoms with Crippen molar-refractivity contribution in [1.29, 1.82) is 0 Å². The van der Waals surface area contributed by atoms with Gasteiger partial charge in [0.05, 0.1) is 10.6 Å². The lowest BCUT2D eigenvalue weighted by molar-refractivity contribution is 0.601. The Morgan fingerprint density at radius 2 is 1.85 bits per heavy atom. The van der Waals surface area contributed by atoms with Gasteiger partial charge in [-0.1, -0.05) is 23.7 Å². The van der Waals surface area contributed by atoms with Crippen LogP contribution in [-0.2, 0) is 10.0 Å². The number of halogens is 1. The number of nitrogens with zero attached hydrogens (tertiary/aromatic N) is 1. The zero-order valence-corrected chi connectivity index (χ0v) is 15.3. The number of rotatable bonds is 4. The minimum absolute atomic E-state index is 0.0642. The van der Waals surface area contributed by atoms with E-state index in [-0.39, 0.29) is 16.3 Å². The Morgan fingerprint density at radius 1 is 1.00 bits per heavy atom. The maximum Gasteiger partial charge on any atom is 0.263 e. The molecule has 9 heteroatoms. The van der Waals surface area contributed by atoms with Crippen LogP contribution in [0.25, 0.3) is 22.2 Å². The van der Waals surface area contributed by atoms with Gasteiger partial charge in [-0.25, -0.2) is 8.42 Å². The number of fused-ring (bicyclic) bond motifs is 1. The first-order chi connectivity index (χ1) is 12.9. The summed E-state index contributed by atoms with van der Waals surface area (Å²) in [6, 6.07) is 16.1. The first kappa shape index (κ1) is 17.3. The Balaban J connectivity index is 1.64. The second-order valence-corrected chi connectivity index (χ2v) is 7.97. The number of H-pyrrole nitrogens is 2.